The van der Waals surface area contributed by atoms with Crippen LogP contribution in [0.15, 0.2) is 24.5 Å². The van der Waals surface area contributed by atoms with Crippen molar-refractivity contribution in [1.29, 1.82) is 0 Å². The Balaban J connectivity index is 2.72. The lowest BCUT2D eigenvalue weighted by Crippen LogP contribution is -2.46. The maximum absolute atomic E-state index is 12.0. The molecule has 1 rings (SSSR count). The molecule has 0 bridgehead atoms. The molecule has 0 aliphatic carbocycles. The van der Waals surface area contributed by atoms with E-state index in [1.165, 1.54) is 0 Å². The largest absolute Gasteiger partial charge is 0.298 e. The molecule has 0 atom stereocenters. The maximum Gasteiger partial charge on any atom is 0.156 e. The van der Waals surface area contributed by atoms with E-state index in [2.05, 4.69) is 4.98 Å². The van der Waals surface area contributed by atoms with Gasteiger partial charge >= 0.3 is 0 Å². The third-order valence-corrected chi connectivity index (χ3v) is 2.91. The number of carbonyl (C=O) groups is 1. The van der Waals surface area contributed by atoms with Gasteiger partial charge in [-0.3, -0.25) is 14.7 Å². The van der Waals surface area contributed by atoms with Gasteiger partial charge in [0, 0.05) is 18.8 Å². The molecule has 15 heavy (non-hydrogen) atoms. The van der Waals surface area contributed by atoms with Crippen LogP contribution in [0.5, 0.6) is 0 Å². The van der Waals surface area contributed by atoms with E-state index in [9.17, 15) is 4.79 Å². The first-order valence-corrected chi connectivity index (χ1v) is 5.04. The molecule has 0 aromatic carbocycles. The van der Waals surface area contributed by atoms with Crippen LogP contribution in [0.1, 0.15) is 19.4 Å². The van der Waals surface area contributed by atoms with Crippen molar-refractivity contribution in [3.63, 3.8) is 0 Å². The molecule has 3 heteroatoms. The predicted octanol–water partition coefficient (Wildman–Crippen LogP) is 1.53. The lowest BCUT2D eigenvalue weighted by atomic mass is 9.93. The van der Waals surface area contributed by atoms with Crippen LogP contribution in [0.4, 0.5) is 0 Å². The van der Waals surface area contributed by atoms with Crippen LogP contribution in [0.3, 0.4) is 0 Å². The summed E-state index contributed by atoms with van der Waals surface area (Å²) >= 11 is 0. The van der Waals surface area contributed by atoms with E-state index in [1.54, 1.807) is 12.4 Å². The Morgan fingerprint density at radius 3 is 2.33 bits per heavy atom. The first kappa shape index (κ1) is 11.9. The minimum absolute atomic E-state index is 0.221. The molecule has 0 unspecified atom stereocenters. The molecule has 0 spiro atoms. The number of rotatable bonds is 4. The van der Waals surface area contributed by atoms with E-state index >= 15 is 0 Å². The first-order chi connectivity index (χ1) is 6.94. The van der Waals surface area contributed by atoms with Gasteiger partial charge in [-0.15, -0.1) is 0 Å². The molecule has 0 aliphatic rings. The van der Waals surface area contributed by atoms with E-state index in [1.807, 2.05) is 45.0 Å². The highest BCUT2D eigenvalue weighted by molar-refractivity contribution is 5.89. The molecule has 82 valence electrons. The number of hydrogen-bond donors (Lipinski definition) is 0. The Kier molecular flexibility index (Phi) is 3.58. The number of carbonyl (C=O) groups excluding carboxylic acids is 1. The number of likely N-dealkylation sites (N-methyl/N-ethyl adjacent to an activating group) is 1. The van der Waals surface area contributed by atoms with Crippen LogP contribution in [-0.2, 0) is 11.2 Å². The summed E-state index contributed by atoms with van der Waals surface area (Å²) in [6.07, 6.45) is 3.89. The van der Waals surface area contributed by atoms with Gasteiger partial charge < -0.3 is 0 Å². The average molecular weight is 206 g/mol. The Hall–Kier alpha value is -1.22. The van der Waals surface area contributed by atoms with Gasteiger partial charge in [0.2, 0.25) is 0 Å². The fraction of sp³-hybridized carbons (Fsp3) is 0.500. The zero-order valence-corrected chi connectivity index (χ0v) is 9.82. The fourth-order valence-corrected chi connectivity index (χ4v) is 1.15. The van der Waals surface area contributed by atoms with Gasteiger partial charge in [0.15, 0.2) is 5.78 Å². The number of hydrogen-bond acceptors (Lipinski definition) is 3. The highest BCUT2D eigenvalue weighted by atomic mass is 16.1. The van der Waals surface area contributed by atoms with Crippen molar-refractivity contribution < 1.29 is 4.79 Å². The highest BCUT2D eigenvalue weighted by Crippen LogP contribution is 2.14. The minimum atomic E-state index is -0.413. The molecule has 0 N–H and O–H groups in total. The highest BCUT2D eigenvalue weighted by Gasteiger charge is 2.29. The molecular weight excluding hydrogens is 188 g/mol. The Morgan fingerprint density at radius 1 is 1.33 bits per heavy atom. The van der Waals surface area contributed by atoms with Crippen LogP contribution < -0.4 is 0 Å². The molecule has 0 radical (unpaired) electrons. The molecule has 1 heterocycles. The monoisotopic (exact) mass is 206 g/mol. The summed E-state index contributed by atoms with van der Waals surface area (Å²) in [7, 11) is 3.84. The number of nitrogens with zero attached hydrogens (tertiary/aromatic N) is 2. The zero-order chi connectivity index (χ0) is 11.5. The summed E-state index contributed by atoms with van der Waals surface area (Å²) in [5.74, 6) is 0.221. The third kappa shape index (κ3) is 2.86. The fourth-order valence-electron chi connectivity index (χ4n) is 1.15. The molecule has 0 fully saturated rings. The maximum atomic E-state index is 12.0. The van der Waals surface area contributed by atoms with Crippen molar-refractivity contribution in [3.8, 4) is 0 Å². The van der Waals surface area contributed by atoms with Gasteiger partial charge in [0.05, 0.1) is 5.54 Å². The molecule has 3 nitrogen and oxygen atoms in total. The van der Waals surface area contributed by atoms with Crippen molar-refractivity contribution in [1.82, 2.24) is 9.88 Å². The Morgan fingerprint density at radius 2 is 1.87 bits per heavy atom. The number of Topliss-reactive ketones (excluding diaryl/α,β-unsaturated/α-hetero) is 1. The standard InChI is InChI=1S/C12H18N2O/c1-12(2,14(3)4)11(15)9-10-5-7-13-8-6-10/h5-8H,9H2,1-4H3. The smallest absolute Gasteiger partial charge is 0.156 e. The van der Waals surface area contributed by atoms with Crippen molar-refractivity contribution >= 4 is 5.78 Å². The van der Waals surface area contributed by atoms with Crippen LogP contribution in [0, 0.1) is 0 Å². The summed E-state index contributed by atoms with van der Waals surface area (Å²) in [6, 6.07) is 3.76. The predicted molar refractivity (Wildman–Crippen MR) is 60.7 cm³/mol. The second-order valence-electron chi connectivity index (χ2n) is 4.41. The second-order valence-corrected chi connectivity index (χ2v) is 4.41. The van der Waals surface area contributed by atoms with E-state index in [0.717, 1.165) is 5.56 Å². The van der Waals surface area contributed by atoms with Gasteiger partial charge in [0.1, 0.15) is 0 Å². The van der Waals surface area contributed by atoms with Crippen LogP contribution in [0.25, 0.3) is 0 Å². The van der Waals surface area contributed by atoms with E-state index in [4.69, 9.17) is 0 Å². The number of aromatic nitrogens is 1. The Labute approximate surface area is 91.1 Å². The summed E-state index contributed by atoms with van der Waals surface area (Å²) in [5.41, 5.74) is 0.605. The van der Waals surface area contributed by atoms with Gasteiger partial charge in [-0.05, 0) is 45.6 Å². The topological polar surface area (TPSA) is 33.2 Å². The Bertz CT molecular complexity index is 331. The molecule has 0 saturated carbocycles. The zero-order valence-electron chi connectivity index (χ0n) is 9.82. The first-order valence-electron chi connectivity index (χ1n) is 5.04. The lowest BCUT2D eigenvalue weighted by Gasteiger charge is -2.30. The summed E-state index contributed by atoms with van der Waals surface area (Å²) in [4.78, 5) is 17.9. The molecule has 0 amide bonds. The van der Waals surface area contributed by atoms with E-state index < -0.39 is 5.54 Å². The lowest BCUT2D eigenvalue weighted by molar-refractivity contribution is -0.127. The molecule has 1 aromatic rings. The van der Waals surface area contributed by atoms with Crippen molar-refractivity contribution in [3.05, 3.63) is 30.1 Å². The number of ketones is 1. The molecular formula is C12H18N2O. The normalized spacial score (nSPS) is 11.8. The van der Waals surface area contributed by atoms with Gasteiger partial charge in [-0.2, -0.15) is 0 Å². The molecule has 1 aromatic heterocycles. The third-order valence-electron chi connectivity index (χ3n) is 2.91. The van der Waals surface area contributed by atoms with Crippen molar-refractivity contribution in [2.75, 3.05) is 14.1 Å². The number of pyridine rings is 1. The van der Waals surface area contributed by atoms with E-state index in [-0.39, 0.29) is 5.78 Å². The summed E-state index contributed by atoms with van der Waals surface area (Å²) in [5, 5.41) is 0. The van der Waals surface area contributed by atoms with Crippen LogP contribution in [-0.4, -0.2) is 35.3 Å². The van der Waals surface area contributed by atoms with Gasteiger partial charge in [0.25, 0.3) is 0 Å². The van der Waals surface area contributed by atoms with E-state index in [0.29, 0.717) is 6.42 Å². The van der Waals surface area contributed by atoms with Gasteiger partial charge in [-0.25, -0.2) is 0 Å². The summed E-state index contributed by atoms with van der Waals surface area (Å²) < 4.78 is 0. The SMILES string of the molecule is CN(C)C(C)(C)C(=O)Cc1ccncc1. The second kappa shape index (κ2) is 4.53. The quantitative estimate of drug-likeness (QED) is 0.749. The van der Waals surface area contributed by atoms with Crippen LogP contribution in [0.2, 0.25) is 0 Å². The van der Waals surface area contributed by atoms with Gasteiger partial charge in [-0.1, -0.05) is 0 Å². The molecule has 0 aliphatic heterocycles. The molecule has 0 saturated heterocycles. The van der Waals surface area contributed by atoms with Crippen molar-refractivity contribution in [2.24, 2.45) is 0 Å². The average Bonchev–Trinajstić information content (AvgIpc) is 2.18. The van der Waals surface area contributed by atoms with Crippen molar-refractivity contribution in [2.45, 2.75) is 25.8 Å². The van der Waals surface area contributed by atoms with Crippen LogP contribution >= 0.6 is 0 Å². The minimum Gasteiger partial charge on any atom is -0.298 e. The summed E-state index contributed by atoms with van der Waals surface area (Å²) in [6.45, 7) is 3.88.